The van der Waals surface area contributed by atoms with Crippen molar-refractivity contribution in [3.8, 4) is 0 Å². The number of nitrogens with zero attached hydrogens (tertiary/aromatic N) is 3. The number of thiophene rings is 1. The van der Waals surface area contributed by atoms with Crippen LogP contribution in [0.5, 0.6) is 0 Å². The molecule has 98 valence electrons. The van der Waals surface area contributed by atoms with Crippen molar-refractivity contribution in [2.24, 2.45) is 0 Å². The van der Waals surface area contributed by atoms with Crippen molar-refractivity contribution in [2.45, 2.75) is 19.9 Å². The van der Waals surface area contributed by atoms with Gasteiger partial charge in [0.05, 0.1) is 11.6 Å². The first-order chi connectivity index (χ1) is 9.24. The molecular weight excluding hydrogens is 280 g/mol. The minimum atomic E-state index is 0.619. The Bertz CT molecular complexity index is 704. The van der Waals surface area contributed by atoms with Crippen LogP contribution in [-0.2, 0) is 13.0 Å². The van der Waals surface area contributed by atoms with Gasteiger partial charge in [0.15, 0.2) is 5.65 Å². The maximum Gasteiger partial charge on any atom is 0.243 e. The van der Waals surface area contributed by atoms with Crippen molar-refractivity contribution < 1.29 is 0 Å². The molecule has 3 rings (SSSR count). The van der Waals surface area contributed by atoms with Gasteiger partial charge in [-0.25, -0.2) is 4.52 Å². The first kappa shape index (κ1) is 12.4. The number of aromatic nitrogens is 3. The lowest BCUT2D eigenvalue weighted by molar-refractivity contribution is 0.952. The number of aryl methyl sites for hydroxylation is 1. The summed E-state index contributed by atoms with van der Waals surface area (Å²) in [4.78, 5) is 7.06. The molecule has 0 amide bonds. The molecule has 0 fully saturated rings. The maximum absolute atomic E-state index is 5.91. The zero-order valence-electron chi connectivity index (χ0n) is 10.4. The number of anilines is 1. The summed E-state index contributed by atoms with van der Waals surface area (Å²) in [6, 6.07) is 7.96. The van der Waals surface area contributed by atoms with Crippen LogP contribution < -0.4 is 5.32 Å². The molecule has 0 saturated heterocycles. The van der Waals surface area contributed by atoms with Crippen LogP contribution in [0, 0.1) is 0 Å². The SMILES string of the molecule is CCc1ccc(CNc2nc3ccc(Cl)cn3n2)s1. The van der Waals surface area contributed by atoms with Crippen LogP contribution in [-0.4, -0.2) is 14.6 Å². The molecule has 0 spiro atoms. The summed E-state index contributed by atoms with van der Waals surface area (Å²) in [5.41, 5.74) is 0.785. The Morgan fingerprint density at radius 2 is 2.11 bits per heavy atom. The lowest BCUT2D eigenvalue weighted by Crippen LogP contribution is -1.99. The fourth-order valence-corrected chi connectivity index (χ4v) is 2.86. The molecule has 0 atom stereocenters. The Labute approximate surface area is 120 Å². The van der Waals surface area contributed by atoms with Gasteiger partial charge in [-0.3, -0.25) is 0 Å². The van der Waals surface area contributed by atoms with Crippen LogP contribution in [0.1, 0.15) is 16.7 Å². The summed E-state index contributed by atoms with van der Waals surface area (Å²) < 4.78 is 1.68. The molecule has 0 bridgehead atoms. The Morgan fingerprint density at radius 3 is 2.89 bits per heavy atom. The molecule has 4 nitrogen and oxygen atoms in total. The third kappa shape index (κ3) is 2.72. The highest BCUT2D eigenvalue weighted by molar-refractivity contribution is 7.12. The number of pyridine rings is 1. The van der Waals surface area contributed by atoms with E-state index in [1.54, 1.807) is 10.7 Å². The third-order valence-corrected chi connectivity index (χ3v) is 4.23. The molecule has 3 aromatic heterocycles. The van der Waals surface area contributed by atoms with Crippen molar-refractivity contribution in [1.29, 1.82) is 0 Å². The zero-order chi connectivity index (χ0) is 13.2. The fourth-order valence-electron chi connectivity index (χ4n) is 1.81. The van der Waals surface area contributed by atoms with Crippen molar-refractivity contribution in [2.75, 3.05) is 5.32 Å². The quantitative estimate of drug-likeness (QED) is 0.798. The van der Waals surface area contributed by atoms with E-state index in [0.717, 1.165) is 18.6 Å². The Kier molecular flexibility index (Phi) is 3.40. The van der Waals surface area contributed by atoms with E-state index in [9.17, 15) is 0 Å². The average molecular weight is 293 g/mol. The molecular formula is C13H13ClN4S. The number of nitrogens with one attached hydrogen (secondary N) is 1. The van der Waals surface area contributed by atoms with Gasteiger partial charge in [0.2, 0.25) is 5.95 Å². The van der Waals surface area contributed by atoms with Crippen molar-refractivity contribution >= 4 is 34.5 Å². The summed E-state index contributed by atoms with van der Waals surface area (Å²) in [7, 11) is 0. The van der Waals surface area contributed by atoms with Crippen LogP contribution in [0.15, 0.2) is 30.5 Å². The van der Waals surface area contributed by atoms with Crippen molar-refractivity contribution in [3.05, 3.63) is 45.2 Å². The Morgan fingerprint density at radius 1 is 1.26 bits per heavy atom. The van der Waals surface area contributed by atoms with Crippen LogP contribution >= 0.6 is 22.9 Å². The predicted octanol–water partition coefficient (Wildman–Crippen LogP) is 3.62. The normalized spacial score (nSPS) is 11.1. The van der Waals surface area contributed by atoms with Gasteiger partial charge in [0.1, 0.15) is 0 Å². The molecule has 19 heavy (non-hydrogen) atoms. The second kappa shape index (κ2) is 5.19. The lowest BCUT2D eigenvalue weighted by Gasteiger charge is -1.97. The van der Waals surface area contributed by atoms with Gasteiger partial charge < -0.3 is 5.32 Å². The first-order valence-corrected chi connectivity index (χ1v) is 7.27. The number of hydrogen-bond acceptors (Lipinski definition) is 4. The van der Waals surface area contributed by atoms with Gasteiger partial charge in [0, 0.05) is 16.0 Å². The number of halogens is 1. The standard InChI is InChI=1S/C13H13ClN4S/c1-2-10-4-5-11(19-10)7-15-13-16-12-6-3-9(14)8-18(12)17-13/h3-6,8H,2,7H2,1H3,(H,15,17). The van der Waals surface area contributed by atoms with E-state index in [2.05, 4.69) is 34.5 Å². The second-order valence-electron chi connectivity index (χ2n) is 4.16. The summed E-state index contributed by atoms with van der Waals surface area (Å²) in [5.74, 6) is 0.619. The molecule has 0 aliphatic heterocycles. The van der Waals surface area contributed by atoms with Crippen LogP contribution in [0.25, 0.3) is 5.65 Å². The fraction of sp³-hybridized carbons (Fsp3) is 0.231. The van der Waals surface area contributed by atoms with Crippen LogP contribution in [0.4, 0.5) is 5.95 Å². The number of fused-ring (bicyclic) bond motifs is 1. The monoisotopic (exact) mass is 292 g/mol. The minimum Gasteiger partial charge on any atom is -0.348 e. The van der Waals surface area contributed by atoms with Gasteiger partial charge in [0.25, 0.3) is 0 Å². The highest BCUT2D eigenvalue weighted by Gasteiger charge is 2.04. The second-order valence-corrected chi connectivity index (χ2v) is 5.85. The molecule has 3 aromatic rings. The van der Waals surface area contributed by atoms with Gasteiger partial charge in [-0.05, 0) is 30.7 Å². The number of rotatable bonds is 4. The molecule has 6 heteroatoms. The van der Waals surface area contributed by atoms with E-state index in [1.807, 2.05) is 23.5 Å². The summed E-state index contributed by atoms with van der Waals surface area (Å²) in [5, 5.41) is 8.21. The molecule has 3 heterocycles. The molecule has 0 radical (unpaired) electrons. The zero-order valence-corrected chi connectivity index (χ0v) is 12.0. The van der Waals surface area contributed by atoms with E-state index < -0.39 is 0 Å². The first-order valence-electron chi connectivity index (χ1n) is 6.08. The highest BCUT2D eigenvalue weighted by atomic mass is 35.5. The average Bonchev–Trinajstić information content (AvgIpc) is 3.01. The number of hydrogen-bond donors (Lipinski definition) is 1. The Hall–Kier alpha value is -1.59. The molecule has 0 aliphatic carbocycles. The predicted molar refractivity (Wildman–Crippen MR) is 79.0 cm³/mol. The summed E-state index contributed by atoms with van der Waals surface area (Å²) in [6.45, 7) is 2.91. The van der Waals surface area contributed by atoms with Gasteiger partial charge in [-0.2, -0.15) is 4.98 Å². The van der Waals surface area contributed by atoms with E-state index in [0.29, 0.717) is 11.0 Å². The summed E-state index contributed by atoms with van der Waals surface area (Å²) >= 11 is 7.73. The molecule has 1 N–H and O–H groups in total. The highest BCUT2D eigenvalue weighted by Crippen LogP contribution is 2.18. The lowest BCUT2D eigenvalue weighted by atomic mass is 10.4. The summed E-state index contributed by atoms with van der Waals surface area (Å²) in [6.07, 6.45) is 2.82. The largest absolute Gasteiger partial charge is 0.348 e. The van der Waals surface area contributed by atoms with Crippen molar-refractivity contribution in [1.82, 2.24) is 14.6 Å². The topological polar surface area (TPSA) is 42.2 Å². The van der Waals surface area contributed by atoms with Gasteiger partial charge in [-0.15, -0.1) is 16.4 Å². The third-order valence-electron chi connectivity index (χ3n) is 2.78. The molecule has 0 aliphatic rings. The Balaban J connectivity index is 1.74. The van der Waals surface area contributed by atoms with Gasteiger partial charge in [-0.1, -0.05) is 18.5 Å². The minimum absolute atomic E-state index is 0.619. The van der Waals surface area contributed by atoms with E-state index in [4.69, 9.17) is 11.6 Å². The smallest absolute Gasteiger partial charge is 0.243 e. The molecule has 0 unspecified atom stereocenters. The van der Waals surface area contributed by atoms with Crippen LogP contribution in [0.3, 0.4) is 0 Å². The van der Waals surface area contributed by atoms with E-state index in [-0.39, 0.29) is 0 Å². The maximum atomic E-state index is 5.91. The van der Waals surface area contributed by atoms with Crippen LogP contribution in [0.2, 0.25) is 5.02 Å². The van der Waals surface area contributed by atoms with E-state index in [1.165, 1.54) is 9.75 Å². The molecule has 0 saturated carbocycles. The van der Waals surface area contributed by atoms with Crippen molar-refractivity contribution in [3.63, 3.8) is 0 Å². The molecule has 0 aromatic carbocycles. The van der Waals surface area contributed by atoms with Gasteiger partial charge >= 0.3 is 0 Å². The van der Waals surface area contributed by atoms with E-state index >= 15 is 0 Å².